The molecule has 1 aromatic carbocycles. The van der Waals surface area contributed by atoms with Gasteiger partial charge in [-0.3, -0.25) is 0 Å². The van der Waals surface area contributed by atoms with E-state index >= 15 is 0 Å². The first-order valence-electron chi connectivity index (χ1n) is 8.07. The standard InChI is InChI=1S/C18H19F2N3O2/c19-16(20)11-25-17-7-12(5-6-21-17)10-22-18(24)23-15-8-13-3-1-2-4-14(13)9-15/h1-7,15-16H,8-11H2,(H2,22,23,24). The van der Waals surface area contributed by atoms with Crippen LogP contribution in [0.3, 0.4) is 0 Å². The van der Waals surface area contributed by atoms with Crippen molar-refractivity contribution in [3.8, 4) is 5.88 Å². The van der Waals surface area contributed by atoms with Crippen molar-refractivity contribution in [3.05, 3.63) is 59.3 Å². The highest BCUT2D eigenvalue weighted by Crippen LogP contribution is 2.21. The smallest absolute Gasteiger partial charge is 0.315 e. The molecule has 7 heteroatoms. The van der Waals surface area contributed by atoms with Crippen LogP contribution in [0.2, 0.25) is 0 Å². The van der Waals surface area contributed by atoms with E-state index in [1.807, 2.05) is 12.1 Å². The number of pyridine rings is 1. The van der Waals surface area contributed by atoms with E-state index < -0.39 is 13.0 Å². The first kappa shape index (κ1) is 17.1. The topological polar surface area (TPSA) is 63.2 Å². The summed E-state index contributed by atoms with van der Waals surface area (Å²) < 4.78 is 29.2. The van der Waals surface area contributed by atoms with Crippen LogP contribution in [0, 0.1) is 0 Å². The zero-order valence-electron chi connectivity index (χ0n) is 13.5. The summed E-state index contributed by atoms with van der Waals surface area (Å²) in [4.78, 5) is 15.9. The highest BCUT2D eigenvalue weighted by molar-refractivity contribution is 5.74. The molecule has 0 aliphatic heterocycles. The molecule has 1 aliphatic rings. The van der Waals surface area contributed by atoms with Crippen molar-refractivity contribution in [3.63, 3.8) is 0 Å². The maximum atomic E-state index is 12.1. The third kappa shape index (κ3) is 4.89. The predicted molar refractivity (Wildman–Crippen MR) is 88.7 cm³/mol. The van der Waals surface area contributed by atoms with Gasteiger partial charge in [-0.1, -0.05) is 24.3 Å². The average Bonchev–Trinajstić information content (AvgIpc) is 3.00. The number of aromatic nitrogens is 1. The van der Waals surface area contributed by atoms with Gasteiger partial charge >= 0.3 is 6.03 Å². The summed E-state index contributed by atoms with van der Waals surface area (Å²) in [7, 11) is 0. The molecular weight excluding hydrogens is 328 g/mol. The number of benzene rings is 1. The number of urea groups is 1. The van der Waals surface area contributed by atoms with Gasteiger partial charge in [0.2, 0.25) is 5.88 Å². The highest BCUT2D eigenvalue weighted by atomic mass is 19.3. The number of ether oxygens (including phenoxy) is 1. The van der Waals surface area contributed by atoms with Crippen molar-refractivity contribution in [1.82, 2.24) is 15.6 Å². The molecule has 2 amide bonds. The highest BCUT2D eigenvalue weighted by Gasteiger charge is 2.22. The van der Waals surface area contributed by atoms with Crippen LogP contribution in [0.15, 0.2) is 42.6 Å². The second-order valence-electron chi connectivity index (χ2n) is 5.91. The number of fused-ring (bicyclic) bond motifs is 1. The monoisotopic (exact) mass is 347 g/mol. The van der Waals surface area contributed by atoms with Gasteiger partial charge in [-0.2, -0.15) is 0 Å². The second-order valence-corrected chi connectivity index (χ2v) is 5.91. The molecule has 0 radical (unpaired) electrons. The molecule has 0 saturated heterocycles. The van der Waals surface area contributed by atoms with E-state index in [0.29, 0.717) is 0 Å². The fourth-order valence-corrected chi connectivity index (χ4v) is 2.87. The summed E-state index contributed by atoms with van der Waals surface area (Å²) >= 11 is 0. The van der Waals surface area contributed by atoms with Gasteiger partial charge in [0.05, 0.1) is 0 Å². The molecule has 5 nitrogen and oxygen atoms in total. The van der Waals surface area contributed by atoms with Crippen LogP contribution in [0.5, 0.6) is 5.88 Å². The normalized spacial score (nSPS) is 13.6. The summed E-state index contributed by atoms with van der Waals surface area (Å²) in [5, 5.41) is 5.72. The first-order valence-corrected chi connectivity index (χ1v) is 8.07. The molecule has 0 atom stereocenters. The maximum absolute atomic E-state index is 12.1. The van der Waals surface area contributed by atoms with Crippen LogP contribution in [-0.4, -0.2) is 30.1 Å². The minimum atomic E-state index is -2.55. The van der Waals surface area contributed by atoms with E-state index in [4.69, 9.17) is 4.74 Å². The minimum absolute atomic E-state index is 0.0831. The van der Waals surface area contributed by atoms with E-state index in [-0.39, 0.29) is 24.5 Å². The van der Waals surface area contributed by atoms with E-state index in [2.05, 4.69) is 27.8 Å². The molecule has 2 aromatic rings. The number of rotatable bonds is 6. The Morgan fingerprint density at radius 2 is 1.96 bits per heavy atom. The number of halogens is 2. The summed E-state index contributed by atoms with van der Waals surface area (Å²) in [5.74, 6) is 0.117. The molecule has 0 unspecified atom stereocenters. The lowest BCUT2D eigenvalue weighted by molar-refractivity contribution is 0.0795. The number of hydrogen-bond acceptors (Lipinski definition) is 3. The number of amides is 2. The third-order valence-electron chi connectivity index (χ3n) is 4.00. The van der Waals surface area contributed by atoms with Crippen LogP contribution in [0.4, 0.5) is 13.6 Å². The Morgan fingerprint density at radius 1 is 1.24 bits per heavy atom. The van der Waals surface area contributed by atoms with Crippen LogP contribution < -0.4 is 15.4 Å². The number of nitrogens with one attached hydrogen (secondary N) is 2. The molecule has 1 heterocycles. The maximum Gasteiger partial charge on any atom is 0.315 e. The third-order valence-corrected chi connectivity index (χ3v) is 4.00. The van der Waals surface area contributed by atoms with Crippen LogP contribution in [0.25, 0.3) is 0 Å². The Balaban J connectivity index is 1.46. The molecular formula is C18H19F2N3O2. The zero-order chi connectivity index (χ0) is 17.6. The summed E-state index contributed by atoms with van der Waals surface area (Å²) in [5.41, 5.74) is 3.26. The van der Waals surface area contributed by atoms with Crippen molar-refractivity contribution in [1.29, 1.82) is 0 Å². The van der Waals surface area contributed by atoms with Gasteiger partial charge in [0.1, 0.15) is 0 Å². The Bertz CT molecular complexity index is 715. The molecule has 2 N–H and O–H groups in total. The van der Waals surface area contributed by atoms with E-state index in [0.717, 1.165) is 18.4 Å². The Labute approximate surface area is 144 Å². The Morgan fingerprint density at radius 3 is 2.64 bits per heavy atom. The molecule has 0 saturated carbocycles. The van der Waals surface area contributed by atoms with Crippen molar-refractivity contribution in [2.45, 2.75) is 31.9 Å². The van der Waals surface area contributed by atoms with Crippen molar-refractivity contribution >= 4 is 6.03 Å². The molecule has 25 heavy (non-hydrogen) atoms. The number of hydrogen-bond donors (Lipinski definition) is 2. The van der Waals surface area contributed by atoms with Gasteiger partial charge in [-0.05, 0) is 35.6 Å². The lowest BCUT2D eigenvalue weighted by Gasteiger charge is -2.13. The van der Waals surface area contributed by atoms with Crippen LogP contribution >= 0.6 is 0 Å². The van der Waals surface area contributed by atoms with Crippen molar-refractivity contribution in [2.75, 3.05) is 6.61 Å². The summed E-state index contributed by atoms with van der Waals surface area (Å²) in [6.07, 6.45) is 0.558. The lowest BCUT2D eigenvalue weighted by Crippen LogP contribution is -2.42. The zero-order valence-corrected chi connectivity index (χ0v) is 13.5. The Kier molecular flexibility index (Phi) is 5.42. The van der Waals surface area contributed by atoms with Crippen molar-refractivity contribution in [2.24, 2.45) is 0 Å². The number of carbonyl (C=O) groups is 1. The van der Waals surface area contributed by atoms with Gasteiger partial charge < -0.3 is 15.4 Å². The van der Waals surface area contributed by atoms with E-state index in [1.165, 1.54) is 23.4 Å². The molecule has 3 rings (SSSR count). The SMILES string of the molecule is O=C(NCc1ccnc(OCC(F)F)c1)NC1Cc2ccccc2C1. The largest absolute Gasteiger partial charge is 0.472 e. The van der Waals surface area contributed by atoms with Crippen LogP contribution in [-0.2, 0) is 19.4 Å². The number of nitrogens with zero attached hydrogens (tertiary/aromatic N) is 1. The summed E-state index contributed by atoms with van der Waals surface area (Å²) in [6.45, 7) is -0.439. The molecule has 0 bridgehead atoms. The van der Waals surface area contributed by atoms with Crippen molar-refractivity contribution < 1.29 is 18.3 Å². The first-order chi connectivity index (χ1) is 12.1. The molecule has 1 aliphatic carbocycles. The van der Waals surface area contributed by atoms with Crippen LogP contribution in [0.1, 0.15) is 16.7 Å². The quantitative estimate of drug-likeness (QED) is 0.845. The fourth-order valence-electron chi connectivity index (χ4n) is 2.87. The molecule has 0 fully saturated rings. The van der Waals surface area contributed by atoms with Gasteiger partial charge in [0, 0.05) is 24.8 Å². The van der Waals surface area contributed by atoms with Gasteiger partial charge in [-0.15, -0.1) is 0 Å². The molecule has 1 aromatic heterocycles. The van der Waals surface area contributed by atoms with E-state index in [9.17, 15) is 13.6 Å². The Hall–Kier alpha value is -2.70. The number of alkyl halides is 2. The molecule has 0 spiro atoms. The second kappa shape index (κ2) is 7.92. The minimum Gasteiger partial charge on any atom is -0.472 e. The van der Waals surface area contributed by atoms with E-state index in [1.54, 1.807) is 6.07 Å². The molecule has 132 valence electrons. The van der Waals surface area contributed by atoms with Gasteiger partial charge in [-0.25, -0.2) is 18.6 Å². The lowest BCUT2D eigenvalue weighted by atomic mass is 10.1. The fraction of sp³-hybridized carbons (Fsp3) is 0.333. The van der Waals surface area contributed by atoms with Gasteiger partial charge in [0.15, 0.2) is 6.61 Å². The predicted octanol–water partition coefficient (Wildman–Crippen LogP) is 2.69. The van der Waals surface area contributed by atoms with Gasteiger partial charge in [0.25, 0.3) is 6.43 Å². The summed E-state index contributed by atoms with van der Waals surface area (Å²) in [6, 6.07) is 11.2. The number of carbonyl (C=O) groups excluding carboxylic acids is 1. The average molecular weight is 347 g/mol.